The minimum atomic E-state index is -0.387. The van der Waals surface area contributed by atoms with Crippen molar-refractivity contribution < 1.29 is 9.52 Å². The van der Waals surface area contributed by atoms with Crippen molar-refractivity contribution in [2.75, 3.05) is 0 Å². The minimum Gasteiger partial charge on any atom is -0.466 e. The molecular formula is C11H18O2. The molecule has 1 N–H and O–H groups in total. The highest BCUT2D eigenvalue weighted by molar-refractivity contribution is 5.23. The lowest BCUT2D eigenvalue weighted by molar-refractivity contribution is 0.114. The topological polar surface area (TPSA) is 33.4 Å². The summed E-state index contributed by atoms with van der Waals surface area (Å²) in [7, 11) is 0. The zero-order valence-electron chi connectivity index (χ0n) is 8.79. The summed E-state index contributed by atoms with van der Waals surface area (Å²) in [6.45, 7) is 7.93. The second-order valence-electron chi connectivity index (χ2n) is 3.70. The van der Waals surface area contributed by atoms with Gasteiger partial charge in [0.2, 0.25) is 0 Å². The molecule has 2 atom stereocenters. The van der Waals surface area contributed by atoms with Gasteiger partial charge in [-0.15, -0.1) is 0 Å². The summed E-state index contributed by atoms with van der Waals surface area (Å²) in [6.07, 6.45) is 0.590. The average molecular weight is 182 g/mol. The highest BCUT2D eigenvalue weighted by Crippen LogP contribution is 2.28. The monoisotopic (exact) mass is 182 g/mol. The molecule has 13 heavy (non-hydrogen) atoms. The molecule has 2 heteroatoms. The van der Waals surface area contributed by atoms with E-state index >= 15 is 0 Å². The number of hydrogen-bond donors (Lipinski definition) is 1. The van der Waals surface area contributed by atoms with Crippen LogP contribution in [-0.4, -0.2) is 5.11 Å². The third-order valence-electron chi connectivity index (χ3n) is 2.58. The highest BCUT2D eigenvalue weighted by Gasteiger charge is 2.19. The number of furan rings is 1. The first-order valence-electron chi connectivity index (χ1n) is 4.81. The van der Waals surface area contributed by atoms with Crippen LogP contribution in [0.2, 0.25) is 0 Å². The molecular weight excluding hydrogens is 164 g/mol. The van der Waals surface area contributed by atoms with Gasteiger partial charge in [0.1, 0.15) is 11.5 Å². The van der Waals surface area contributed by atoms with E-state index < -0.39 is 0 Å². The number of aliphatic hydroxyl groups is 1. The van der Waals surface area contributed by atoms with Crippen molar-refractivity contribution in [3.05, 3.63) is 23.2 Å². The molecule has 0 aromatic carbocycles. The van der Waals surface area contributed by atoms with E-state index in [1.807, 2.05) is 26.8 Å². The molecule has 0 spiro atoms. The summed E-state index contributed by atoms with van der Waals surface area (Å²) in [6, 6.07) is 1.92. The van der Waals surface area contributed by atoms with Crippen LogP contribution in [0.4, 0.5) is 0 Å². The minimum absolute atomic E-state index is 0.288. The summed E-state index contributed by atoms with van der Waals surface area (Å²) >= 11 is 0. The SMILES string of the molecule is CCC(C)C(O)c1cc(C)oc1C. The lowest BCUT2D eigenvalue weighted by Gasteiger charge is -2.15. The Bertz CT molecular complexity index is 276. The molecule has 0 fully saturated rings. The van der Waals surface area contributed by atoms with Crippen LogP contribution in [-0.2, 0) is 0 Å². The van der Waals surface area contributed by atoms with Crippen LogP contribution in [0.5, 0.6) is 0 Å². The van der Waals surface area contributed by atoms with Gasteiger partial charge in [-0.2, -0.15) is 0 Å². The Kier molecular flexibility index (Phi) is 3.15. The van der Waals surface area contributed by atoms with Gasteiger partial charge in [-0.05, 0) is 25.8 Å². The third-order valence-corrected chi connectivity index (χ3v) is 2.58. The second-order valence-corrected chi connectivity index (χ2v) is 3.70. The van der Waals surface area contributed by atoms with Crippen LogP contribution in [0.15, 0.2) is 10.5 Å². The molecule has 0 aliphatic rings. The number of aliphatic hydroxyl groups excluding tert-OH is 1. The van der Waals surface area contributed by atoms with Crippen LogP contribution < -0.4 is 0 Å². The van der Waals surface area contributed by atoms with Crippen molar-refractivity contribution in [2.45, 2.75) is 40.2 Å². The van der Waals surface area contributed by atoms with E-state index in [9.17, 15) is 5.11 Å². The molecule has 2 nitrogen and oxygen atoms in total. The molecule has 0 bridgehead atoms. The zero-order chi connectivity index (χ0) is 10.0. The average Bonchev–Trinajstić information content (AvgIpc) is 2.42. The number of aryl methyl sites for hydroxylation is 2. The Labute approximate surface area is 79.6 Å². The van der Waals surface area contributed by atoms with Crippen LogP contribution in [0, 0.1) is 19.8 Å². The molecule has 74 valence electrons. The van der Waals surface area contributed by atoms with Gasteiger partial charge in [0.25, 0.3) is 0 Å². The summed E-state index contributed by atoms with van der Waals surface area (Å²) in [4.78, 5) is 0. The van der Waals surface area contributed by atoms with E-state index in [0.717, 1.165) is 23.5 Å². The van der Waals surface area contributed by atoms with E-state index in [2.05, 4.69) is 6.92 Å². The van der Waals surface area contributed by atoms with E-state index in [4.69, 9.17) is 4.42 Å². The molecule has 1 aromatic heterocycles. The van der Waals surface area contributed by atoms with Gasteiger partial charge in [-0.3, -0.25) is 0 Å². The molecule has 0 amide bonds. The van der Waals surface area contributed by atoms with Crippen molar-refractivity contribution in [1.29, 1.82) is 0 Å². The van der Waals surface area contributed by atoms with Crippen molar-refractivity contribution in [1.82, 2.24) is 0 Å². The van der Waals surface area contributed by atoms with Gasteiger partial charge in [0, 0.05) is 5.56 Å². The normalized spacial score (nSPS) is 15.8. The van der Waals surface area contributed by atoms with E-state index in [1.165, 1.54) is 0 Å². The number of rotatable bonds is 3. The van der Waals surface area contributed by atoms with Crippen molar-refractivity contribution in [2.24, 2.45) is 5.92 Å². The first-order valence-corrected chi connectivity index (χ1v) is 4.81. The molecule has 1 rings (SSSR count). The largest absolute Gasteiger partial charge is 0.466 e. The summed E-state index contributed by atoms with van der Waals surface area (Å²) in [5.41, 5.74) is 0.937. The molecule has 1 aromatic rings. The van der Waals surface area contributed by atoms with Gasteiger partial charge in [0.05, 0.1) is 6.10 Å². The Morgan fingerprint density at radius 3 is 2.46 bits per heavy atom. The molecule has 1 heterocycles. The fourth-order valence-electron chi connectivity index (χ4n) is 1.47. The summed E-state index contributed by atoms with van der Waals surface area (Å²) in [5.74, 6) is 2.00. The Balaban J connectivity index is 2.87. The van der Waals surface area contributed by atoms with Crippen LogP contribution >= 0.6 is 0 Å². The molecule has 0 aliphatic heterocycles. The molecule has 2 unspecified atom stereocenters. The van der Waals surface area contributed by atoms with Gasteiger partial charge in [0.15, 0.2) is 0 Å². The lowest BCUT2D eigenvalue weighted by Crippen LogP contribution is -2.08. The molecule has 0 saturated heterocycles. The Hall–Kier alpha value is -0.760. The van der Waals surface area contributed by atoms with Gasteiger partial charge < -0.3 is 9.52 Å². The van der Waals surface area contributed by atoms with Crippen LogP contribution in [0.3, 0.4) is 0 Å². The van der Waals surface area contributed by atoms with Gasteiger partial charge >= 0.3 is 0 Å². The Morgan fingerprint density at radius 2 is 2.08 bits per heavy atom. The molecule has 0 saturated carbocycles. The van der Waals surface area contributed by atoms with Gasteiger partial charge in [-0.25, -0.2) is 0 Å². The van der Waals surface area contributed by atoms with E-state index in [1.54, 1.807) is 0 Å². The predicted molar refractivity (Wildman–Crippen MR) is 52.6 cm³/mol. The first kappa shape index (κ1) is 10.3. The summed E-state index contributed by atoms with van der Waals surface area (Å²) < 4.78 is 5.37. The standard InChI is InChI=1S/C11H18O2/c1-5-7(2)11(12)10-6-8(3)13-9(10)4/h6-7,11-12H,5H2,1-4H3. The lowest BCUT2D eigenvalue weighted by atomic mass is 9.95. The number of hydrogen-bond acceptors (Lipinski definition) is 2. The maximum absolute atomic E-state index is 9.92. The maximum atomic E-state index is 9.92. The van der Waals surface area contributed by atoms with Crippen LogP contribution in [0.25, 0.3) is 0 Å². The van der Waals surface area contributed by atoms with E-state index in [-0.39, 0.29) is 12.0 Å². The third kappa shape index (κ3) is 2.13. The van der Waals surface area contributed by atoms with E-state index in [0.29, 0.717) is 0 Å². The molecule has 0 aliphatic carbocycles. The fraction of sp³-hybridized carbons (Fsp3) is 0.636. The molecule has 0 radical (unpaired) electrons. The zero-order valence-corrected chi connectivity index (χ0v) is 8.79. The van der Waals surface area contributed by atoms with Crippen molar-refractivity contribution >= 4 is 0 Å². The predicted octanol–water partition coefficient (Wildman–Crippen LogP) is 2.98. The maximum Gasteiger partial charge on any atom is 0.106 e. The van der Waals surface area contributed by atoms with Crippen LogP contribution in [0.1, 0.15) is 43.5 Å². The van der Waals surface area contributed by atoms with Gasteiger partial charge in [-0.1, -0.05) is 20.3 Å². The summed E-state index contributed by atoms with van der Waals surface area (Å²) in [5, 5.41) is 9.92. The smallest absolute Gasteiger partial charge is 0.106 e. The fourth-order valence-corrected chi connectivity index (χ4v) is 1.47. The first-order chi connectivity index (χ1) is 6.06. The quantitative estimate of drug-likeness (QED) is 0.779. The van der Waals surface area contributed by atoms with Crippen molar-refractivity contribution in [3.8, 4) is 0 Å². The second kappa shape index (κ2) is 3.97. The highest BCUT2D eigenvalue weighted by atomic mass is 16.3. The van der Waals surface area contributed by atoms with Crippen molar-refractivity contribution in [3.63, 3.8) is 0 Å². The Morgan fingerprint density at radius 1 is 1.46 bits per heavy atom.